The molecule has 0 saturated heterocycles. The molecule has 1 aromatic carbocycles. The van der Waals surface area contributed by atoms with Gasteiger partial charge in [-0.3, -0.25) is 0 Å². The Hall–Kier alpha value is -1.73. The van der Waals surface area contributed by atoms with Gasteiger partial charge in [0, 0.05) is 30.1 Å². The molecule has 0 aliphatic carbocycles. The molecular weight excluding hydrogens is 314 g/mol. The van der Waals surface area contributed by atoms with Gasteiger partial charge in [-0.2, -0.15) is 0 Å². The van der Waals surface area contributed by atoms with Gasteiger partial charge in [-0.15, -0.1) is 0 Å². The lowest BCUT2D eigenvalue weighted by Gasteiger charge is -2.20. The van der Waals surface area contributed by atoms with Gasteiger partial charge in [0.2, 0.25) is 0 Å². The molecule has 138 valence electrons. The number of aliphatic hydroxyl groups is 1. The van der Waals surface area contributed by atoms with E-state index in [9.17, 15) is 5.11 Å². The maximum absolute atomic E-state index is 9.40. The van der Waals surface area contributed by atoms with Crippen molar-refractivity contribution in [2.24, 2.45) is 11.5 Å². The fraction of sp³-hybridized carbons (Fsp3) is 0.526. The maximum Gasteiger partial charge on any atom is 0.132 e. The first kappa shape index (κ1) is 19.6. The van der Waals surface area contributed by atoms with E-state index >= 15 is 0 Å². The van der Waals surface area contributed by atoms with Crippen LogP contribution in [0, 0.1) is 6.92 Å². The largest absolute Gasteiger partial charge is 0.392 e. The molecule has 1 aromatic heterocycles. The minimum atomic E-state index is -0.574. The highest BCUT2D eigenvalue weighted by atomic mass is 16.3. The molecular formula is C19H31N5O. The second-order valence-corrected chi connectivity index (χ2v) is 6.73. The predicted molar refractivity (Wildman–Crippen MR) is 104 cm³/mol. The predicted octanol–water partition coefficient (Wildman–Crippen LogP) is 2.01. The van der Waals surface area contributed by atoms with E-state index in [0.29, 0.717) is 12.6 Å². The van der Waals surface area contributed by atoms with Crippen molar-refractivity contribution in [2.75, 3.05) is 18.4 Å². The maximum atomic E-state index is 9.40. The van der Waals surface area contributed by atoms with Crippen LogP contribution in [0.25, 0.3) is 10.9 Å². The lowest BCUT2D eigenvalue weighted by Crippen LogP contribution is -2.35. The van der Waals surface area contributed by atoms with E-state index in [1.54, 1.807) is 6.92 Å². The second kappa shape index (κ2) is 9.10. The summed E-state index contributed by atoms with van der Waals surface area (Å²) in [6.07, 6.45) is 1.02. The van der Waals surface area contributed by atoms with Crippen LogP contribution >= 0.6 is 0 Å². The third-order valence-electron chi connectivity index (χ3n) is 4.34. The number of hydrogen-bond donors (Lipinski definition) is 5. The third kappa shape index (κ3) is 5.64. The van der Waals surface area contributed by atoms with Gasteiger partial charge in [-0.1, -0.05) is 18.6 Å². The summed E-state index contributed by atoms with van der Waals surface area (Å²) < 4.78 is 0. The van der Waals surface area contributed by atoms with Gasteiger partial charge in [0.15, 0.2) is 0 Å². The number of rotatable bonds is 9. The summed E-state index contributed by atoms with van der Waals surface area (Å²) in [5.74, 6) is 0.747. The van der Waals surface area contributed by atoms with Crippen LogP contribution in [0.15, 0.2) is 24.3 Å². The summed E-state index contributed by atoms with van der Waals surface area (Å²) in [6.45, 7) is 7.34. The van der Waals surface area contributed by atoms with Crippen molar-refractivity contribution in [3.8, 4) is 0 Å². The fourth-order valence-corrected chi connectivity index (χ4v) is 2.86. The first-order valence-corrected chi connectivity index (χ1v) is 8.98. The summed E-state index contributed by atoms with van der Waals surface area (Å²) in [7, 11) is 0. The average molecular weight is 345 g/mol. The summed E-state index contributed by atoms with van der Waals surface area (Å²) in [5, 5.41) is 17.2. The molecule has 0 bridgehead atoms. The summed E-state index contributed by atoms with van der Waals surface area (Å²) in [5.41, 5.74) is 14.8. The third-order valence-corrected chi connectivity index (χ3v) is 4.34. The Balaban J connectivity index is 2.08. The zero-order valence-electron chi connectivity index (χ0n) is 15.4. The lowest BCUT2D eigenvalue weighted by atomic mass is 10.1. The highest BCUT2D eigenvalue weighted by Crippen LogP contribution is 2.24. The van der Waals surface area contributed by atoms with E-state index in [-0.39, 0.29) is 6.10 Å². The molecule has 7 N–H and O–H groups in total. The van der Waals surface area contributed by atoms with Crippen LogP contribution in [0.2, 0.25) is 0 Å². The molecule has 0 aliphatic heterocycles. The van der Waals surface area contributed by atoms with E-state index in [1.807, 2.05) is 18.2 Å². The van der Waals surface area contributed by atoms with Crippen LogP contribution in [0.5, 0.6) is 0 Å². The molecule has 0 saturated carbocycles. The van der Waals surface area contributed by atoms with Gasteiger partial charge in [0.25, 0.3) is 0 Å². The average Bonchev–Trinajstić information content (AvgIpc) is 2.56. The molecule has 2 rings (SSSR count). The standard InChI is InChI=1S/C19H31N5O/c1-4-15(23-11-13(3)25)7-8-22-19-16(18(20)21)10-14-9-12(2)5-6-17(14)24-19/h5-6,9-10,13,15,18,23,25H,4,7-8,11,20-21H2,1-3H3,(H,22,24)/t13-,15?/m1/s1. The number of aliphatic hydroxyl groups excluding tert-OH is 1. The van der Waals surface area contributed by atoms with Crippen LogP contribution in [0.1, 0.15) is 44.0 Å². The second-order valence-electron chi connectivity index (χ2n) is 6.73. The van der Waals surface area contributed by atoms with Crippen molar-refractivity contribution in [2.45, 2.75) is 51.9 Å². The Morgan fingerprint density at radius 3 is 2.64 bits per heavy atom. The Labute approximate surface area is 150 Å². The van der Waals surface area contributed by atoms with Crippen molar-refractivity contribution in [3.63, 3.8) is 0 Å². The van der Waals surface area contributed by atoms with E-state index in [2.05, 4.69) is 30.5 Å². The van der Waals surface area contributed by atoms with Gasteiger partial charge in [-0.05, 0) is 44.9 Å². The molecule has 0 amide bonds. The highest BCUT2D eigenvalue weighted by molar-refractivity contribution is 5.82. The number of aryl methyl sites for hydroxylation is 1. The number of fused-ring (bicyclic) bond motifs is 1. The van der Waals surface area contributed by atoms with Gasteiger partial charge >= 0.3 is 0 Å². The molecule has 0 radical (unpaired) electrons. The first-order chi connectivity index (χ1) is 11.9. The Kier molecular flexibility index (Phi) is 7.13. The molecule has 0 fully saturated rings. The van der Waals surface area contributed by atoms with Gasteiger partial charge in [-0.25, -0.2) is 4.98 Å². The number of nitrogens with one attached hydrogen (secondary N) is 2. The van der Waals surface area contributed by atoms with E-state index in [4.69, 9.17) is 16.5 Å². The van der Waals surface area contributed by atoms with E-state index in [1.165, 1.54) is 5.56 Å². The molecule has 25 heavy (non-hydrogen) atoms. The van der Waals surface area contributed by atoms with Crippen molar-refractivity contribution < 1.29 is 5.11 Å². The monoisotopic (exact) mass is 345 g/mol. The molecule has 0 aliphatic rings. The highest BCUT2D eigenvalue weighted by Gasteiger charge is 2.12. The van der Waals surface area contributed by atoms with Crippen LogP contribution in [-0.2, 0) is 0 Å². The summed E-state index contributed by atoms with van der Waals surface area (Å²) in [4.78, 5) is 4.70. The zero-order valence-corrected chi connectivity index (χ0v) is 15.4. The van der Waals surface area contributed by atoms with Crippen molar-refractivity contribution in [3.05, 3.63) is 35.4 Å². The van der Waals surface area contributed by atoms with Crippen molar-refractivity contribution in [1.82, 2.24) is 10.3 Å². The number of nitrogens with two attached hydrogens (primary N) is 2. The van der Waals surface area contributed by atoms with Crippen molar-refractivity contribution in [1.29, 1.82) is 0 Å². The number of nitrogens with zero attached hydrogens (tertiary/aromatic N) is 1. The Morgan fingerprint density at radius 1 is 1.24 bits per heavy atom. The van der Waals surface area contributed by atoms with Crippen LogP contribution < -0.4 is 22.1 Å². The zero-order chi connectivity index (χ0) is 18.4. The van der Waals surface area contributed by atoms with E-state index in [0.717, 1.165) is 41.7 Å². The quantitative estimate of drug-likeness (QED) is 0.445. The minimum absolute atomic E-state index is 0.338. The minimum Gasteiger partial charge on any atom is -0.392 e. The molecule has 2 atom stereocenters. The molecule has 1 unspecified atom stereocenters. The summed E-state index contributed by atoms with van der Waals surface area (Å²) >= 11 is 0. The SMILES string of the molecule is CCC(CCNc1nc2ccc(C)cc2cc1C(N)N)NC[C@@H](C)O. The van der Waals surface area contributed by atoms with Crippen LogP contribution in [-0.4, -0.2) is 35.3 Å². The number of anilines is 1. The Morgan fingerprint density at radius 2 is 2.00 bits per heavy atom. The van der Waals surface area contributed by atoms with Crippen molar-refractivity contribution >= 4 is 16.7 Å². The van der Waals surface area contributed by atoms with Gasteiger partial charge in [0.05, 0.1) is 17.8 Å². The van der Waals surface area contributed by atoms with Crippen LogP contribution in [0.3, 0.4) is 0 Å². The van der Waals surface area contributed by atoms with Crippen LogP contribution in [0.4, 0.5) is 5.82 Å². The molecule has 1 heterocycles. The smallest absolute Gasteiger partial charge is 0.132 e. The molecule has 0 spiro atoms. The molecule has 2 aromatic rings. The number of pyridine rings is 1. The normalized spacial score (nSPS) is 14.0. The number of hydrogen-bond acceptors (Lipinski definition) is 6. The topological polar surface area (TPSA) is 109 Å². The van der Waals surface area contributed by atoms with E-state index < -0.39 is 6.17 Å². The Bertz CT molecular complexity index is 687. The summed E-state index contributed by atoms with van der Waals surface area (Å²) in [6, 6.07) is 8.52. The number of aromatic nitrogens is 1. The van der Waals surface area contributed by atoms with Gasteiger partial charge < -0.3 is 27.2 Å². The fourth-order valence-electron chi connectivity index (χ4n) is 2.86. The van der Waals surface area contributed by atoms with Gasteiger partial charge in [0.1, 0.15) is 5.82 Å². The first-order valence-electron chi connectivity index (χ1n) is 8.98. The molecule has 6 heteroatoms. The lowest BCUT2D eigenvalue weighted by molar-refractivity contribution is 0.185. The number of benzene rings is 1. The molecule has 6 nitrogen and oxygen atoms in total.